The molecule has 3 nitrogen and oxygen atoms in total. The summed E-state index contributed by atoms with van der Waals surface area (Å²) in [6, 6.07) is 5.42. The Bertz CT molecular complexity index is 467. The number of carboxylic acid groups (broad SMARTS) is 1. The van der Waals surface area contributed by atoms with E-state index < -0.39 is 5.97 Å². The molecule has 1 saturated heterocycles. The predicted octanol–water partition coefficient (Wildman–Crippen LogP) is 3.93. The number of halogens is 2. The molecule has 1 aromatic carbocycles. The van der Waals surface area contributed by atoms with E-state index in [1.807, 2.05) is 18.2 Å². The second kappa shape index (κ2) is 6.73. The van der Waals surface area contributed by atoms with Gasteiger partial charge in [0.2, 0.25) is 0 Å². The Morgan fingerprint density at radius 3 is 2.89 bits per heavy atom. The number of nitrogens with zero attached hydrogens (tertiary/aromatic N) is 1. The maximum Gasteiger partial charge on any atom is 0.320 e. The van der Waals surface area contributed by atoms with Crippen LogP contribution in [0.25, 0.3) is 0 Å². The van der Waals surface area contributed by atoms with E-state index >= 15 is 0 Å². The van der Waals surface area contributed by atoms with Gasteiger partial charge >= 0.3 is 5.97 Å². The molecule has 1 aliphatic heterocycles. The second-order valence-corrected chi connectivity index (χ2v) is 6.18. The highest BCUT2D eigenvalue weighted by atomic mass is 79.9. The summed E-state index contributed by atoms with van der Waals surface area (Å²) in [5, 5.41) is 10.0. The monoisotopic (exact) mass is 345 g/mol. The minimum absolute atomic E-state index is 0.370. The van der Waals surface area contributed by atoms with E-state index in [0.29, 0.717) is 11.6 Å². The van der Waals surface area contributed by atoms with Crippen molar-refractivity contribution in [3.63, 3.8) is 0 Å². The molecule has 0 aromatic heterocycles. The van der Waals surface area contributed by atoms with E-state index in [4.69, 9.17) is 11.6 Å². The van der Waals surface area contributed by atoms with Crippen LogP contribution in [0.3, 0.4) is 0 Å². The van der Waals surface area contributed by atoms with Crippen molar-refractivity contribution in [2.45, 2.75) is 38.3 Å². The highest BCUT2D eigenvalue weighted by Gasteiger charge is 2.26. The summed E-state index contributed by atoms with van der Waals surface area (Å²) in [4.78, 5) is 13.4. The number of hydrogen-bond donors (Lipinski definition) is 1. The SMILES string of the molecule is O=C(O)C1CCCCCN1Cc1ccc(Br)c(Cl)c1. The fraction of sp³-hybridized carbons (Fsp3) is 0.500. The maximum absolute atomic E-state index is 11.4. The summed E-state index contributed by atoms with van der Waals surface area (Å²) in [5.41, 5.74) is 1.06. The van der Waals surface area contributed by atoms with Crippen molar-refractivity contribution in [1.29, 1.82) is 0 Å². The first-order valence-corrected chi connectivity index (χ1v) is 7.66. The van der Waals surface area contributed by atoms with Crippen molar-refractivity contribution in [3.05, 3.63) is 33.3 Å². The number of rotatable bonds is 3. The van der Waals surface area contributed by atoms with Crippen molar-refractivity contribution in [1.82, 2.24) is 4.90 Å². The van der Waals surface area contributed by atoms with Crippen molar-refractivity contribution in [3.8, 4) is 0 Å². The van der Waals surface area contributed by atoms with Crippen LogP contribution in [0.1, 0.15) is 31.2 Å². The van der Waals surface area contributed by atoms with Gasteiger partial charge in [-0.05, 0) is 53.0 Å². The van der Waals surface area contributed by atoms with Gasteiger partial charge in [0.1, 0.15) is 6.04 Å². The van der Waals surface area contributed by atoms with Gasteiger partial charge in [-0.1, -0.05) is 30.5 Å². The van der Waals surface area contributed by atoms with Crippen molar-refractivity contribution in [2.75, 3.05) is 6.54 Å². The van der Waals surface area contributed by atoms with Crippen LogP contribution >= 0.6 is 27.5 Å². The number of carbonyl (C=O) groups is 1. The lowest BCUT2D eigenvalue weighted by Crippen LogP contribution is -2.40. The second-order valence-electron chi connectivity index (χ2n) is 4.92. The number of benzene rings is 1. The third-order valence-electron chi connectivity index (χ3n) is 3.52. The Kier molecular flexibility index (Phi) is 5.25. The molecule has 1 fully saturated rings. The van der Waals surface area contributed by atoms with Gasteiger partial charge in [0.15, 0.2) is 0 Å². The van der Waals surface area contributed by atoms with E-state index in [0.717, 1.165) is 42.3 Å². The molecule has 2 rings (SSSR count). The number of aliphatic carboxylic acids is 1. The Hall–Kier alpha value is -0.580. The molecular formula is C14H17BrClNO2. The van der Waals surface area contributed by atoms with E-state index in [-0.39, 0.29) is 6.04 Å². The van der Waals surface area contributed by atoms with Gasteiger partial charge in [-0.2, -0.15) is 0 Å². The molecule has 104 valence electrons. The van der Waals surface area contributed by atoms with E-state index in [2.05, 4.69) is 20.8 Å². The molecule has 1 atom stereocenters. The van der Waals surface area contributed by atoms with Crippen LogP contribution in [0.2, 0.25) is 5.02 Å². The molecule has 0 bridgehead atoms. The molecule has 0 saturated carbocycles. The molecule has 0 spiro atoms. The average molecular weight is 347 g/mol. The molecule has 19 heavy (non-hydrogen) atoms. The number of hydrogen-bond acceptors (Lipinski definition) is 2. The molecular weight excluding hydrogens is 330 g/mol. The standard InChI is InChI=1S/C14H17BrClNO2/c15-11-6-5-10(8-12(11)16)9-17-7-3-1-2-4-13(17)14(18)19/h5-6,8,13H,1-4,7,9H2,(H,18,19). The molecule has 1 heterocycles. The number of likely N-dealkylation sites (tertiary alicyclic amines) is 1. The van der Waals surface area contributed by atoms with Crippen molar-refractivity contribution < 1.29 is 9.90 Å². The summed E-state index contributed by atoms with van der Waals surface area (Å²) in [6.45, 7) is 1.48. The summed E-state index contributed by atoms with van der Waals surface area (Å²) in [6.07, 6.45) is 3.91. The predicted molar refractivity (Wildman–Crippen MR) is 79.5 cm³/mol. The van der Waals surface area contributed by atoms with E-state index in [1.54, 1.807) is 0 Å². The molecule has 1 aliphatic rings. The zero-order valence-electron chi connectivity index (χ0n) is 10.6. The van der Waals surface area contributed by atoms with Crippen LogP contribution in [0.4, 0.5) is 0 Å². The first-order valence-electron chi connectivity index (χ1n) is 6.48. The molecule has 1 unspecified atom stereocenters. The van der Waals surface area contributed by atoms with Gasteiger partial charge in [-0.25, -0.2) is 0 Å². The van der Waals surface area contributed by atoms with Crippen LogP contribution in [0.15, 0.2) is 22.7 Å². The summed E-state index contributed by atoms with van der Waals surface area (Å²) < 4.78 is 0.864. The van der Waals surface area contributed by atoms with Crippen LogP contribution < -0.4 is 0 Å². The highest BCUT2D eigenvalue weighted by Crippen LogP contribution is 2.25. The zero-order valence-corrected chi connectivity index (χ0v) is 13.0. The fourth-order valence-electron chi connectivity index (χ4n) is 2.51. The first kappa shape index (κ1) is 14.8. The van der Waals surface area contributed by atoms with Gasteiger partial charge in [-0.3, -0.25) is 9.69 Å². The third kappa shape index (κ3) is 3.94. The minimum atomic E-state index is -0.717. The maximum atomic E-state index is 11.4. The van der Waals surface area contributed by atoms with Crippen LogP contribution in [0, 0.1) is 0 Å². The topological polar surface area (TPSA) is 40.5 Å². The van der Waals surface area contributed by atoms with Crippen LogP contribution in [-0.4, -0.2) is 28.6 Å². The van der Waals surface area contributed by atoms with Crippen molar-refractivity contribution in [2.24, 2.45) is 0 Å². The van der Waals surface area contributed by atoms with Gasteiger partial charge < -0.3 is 5.11 Å². The lowest BCUT2D eigenvalue weighted by Gasteiger charge is -2.26. The molecule has 1 N–H and O–H groups in total. The average Bonchev–Trinajstić information content (AvgIpc) is 2.59. The van der Waals surface area contributed by atoms with Crippen molar-refractivity contribution >= 4 is 33.5 Å². The lowest BCUT2D eigenvalue weighted by atomic mass is 10.1. The molecule has 0 aliphatic carbocycles. The Balaban J connectivity index is 2.13. The Morgan fingerprint density at radius 1 is 1.42 bits per heavy atom. The normalized spacial score (nSPS) is 21.1. The molecule has 0 amide bonds. The minimum Gasteiger partial charge on any atom is -0.480 e. The van der Waals surface area contributed by atoms with E-state index in [1.165, 1.54) is 0 Å². The van der Waals surface area contributed by atoms with Gasteiger partial charge in [0.25, 0.3) is 0 Å². The smallest absolute Gasteiger partial charge is 0.320 e. The molecule has 5 heteroatoms. The fourth-order valence-corrected chi connectivity index (χ4v) is 2.96. The Morgan fingerprint density at radius 2 is 2.21 bits per heavy atom. The first-order chi connectivity index (χ1) is 9.08. The number of carboxylic acids is 1. The van der Waals surface area contributed by atoms with Crippen LogP contribution in [-0.2, 0) is 11.3 Å². The van der Waals surface area contributed by atoms with Gasteiger partial charge in [0.05, 0.1) is 5.02 Å². The quantitative estimate of drug-likeness (QED) is 0.901. The molecule has 1 aromatic rings. The van der Waals surface area contributed by atoms with Gasteiger partial charge in [0, 0.05) is 11.0 Å². The zero-order chi connectivity index (χ0) is 13.8. The summed E-state index contributed by atoms with van der Waals surface area (Å²) in [5.74, 6) is -0.717. The van der Waals surface area contributed by atoms with E-state index in [9.17, 15) is 9.90 Å². The third-order valence-corrected chi connectivity index (χ3v) is 4.75. The summed E-state index contributed by atoms with van der Waals surface area (Å²) >= 11 is 9.44. The molecule has 0 radical (unpaired) electrons. The summed E-state index contributed by atoms with van der Waals surface area (Å²) in [7, 11) is 0. The highest BCUT2D eigenvalue weighted by molar-refractivity contribution is 9.10. The largest absolute Gasteiger partial charge is 0.480 e. The van der Waals surface area contributed by atoms with Gasteiger partial charge in [-0.15, -0.1) is 0 Å². The Labute approximate surface area is 126 Å². The lowest BCUT2D eigenvalue weighted by molar-refractivity contribution is -0.143. The van der Waals surface area contributed by atoms with Crippen LogP contribution in [0.5, 0.6) is 0 Å².